The molecule has 0 aliphatic carbocycles. The number of carboxylic acid groups (broad SMARTS) is 1. The van der Waals surface area contributed by atoms with E-state index in [4.69, 9.17) is 16.3 Å². The minimum absolute atomic E-state index is 0.0586. The highest BCUT2D eigenvalue weighted by Gasteiger charge is 2.24. The zero-order valence-electron chi connectivity index (χ0n) is 17.7. The van der Waals surface area contributed by atoms with Crippen molar-refractivity contribution < 1.29 is 23.8 Å². The summed E-state index contributed by atoms with van der Waals surface area (Å²) in [5, 5.41) is 15.2. The Kier molecular flexibility index (Phi) is 8.66. The number of rotatable bonds is 10. The van der Waals surface area contributed by atoms with Crippen molar-refractivity contribution in [2.45, 2.75) is 39.2 Å². The molecule has 0 bridgehead atoms. The van der Waals surface area contributed by atoms with Gasteiger partial charge >= 0.3 is 12.0 Å². The van der Waals surface area contributed by atoms with Crippen molar-refractivity contribution in [3.63, 3.8) is 0 Å². The topological polar surface area (TPSA) is 104 Å². The number of amides is 2. The maximum Gasteiger partial charge on any atom is 0.344 e. The average molecular weight is 485 g/mol. The van der Waals surface area contributed by atoms with Crippen LogP contribution in [-0.4, -0.2) is 52.6 Å². The number of anilines is 1. The molecule has 1 aromatic heterocycles. The number of urea groups is 1. The number of carbonyl (C=O) groups excluding carboxylic acids is 1. The largest absolute Gasteiger partial charge is 0.477 e. The Labute approximate surface area is 194 Å². The number of carboxylic acids is 1. The number of hydrogen-bond donors (Lipinski definition) is 3. The lowest BCUT2D eigenvalue weighted by Crippen LogP contribution is -2.30. The zero-order chi connectivity index (χ0) is 23.1. The SMILES string of the molecule is Cc1cc(Cl)c(COc2nsc(NC(=O)NCCCCN3CCCC3)c2C(=O)O)cc1F. The summed E-state index contributed by atoms with van der Waals surface area (Å²) in [4.78, 5) is 26.3. The molecule has 0 spiro atoms. The van der Waals surface area contributed by atoms with Crippen molar-refractivity contribution in [3.8, 4) is 5.88 Å². The van der Waals surface area contributed by atoms with Crippen LogP contribution in [0.4, 0.5) is 14.2 Å². The van der Waals surface area contributed by atoms with Gasteiger partial charge in [0.2, 0.25) is 5.88 Å². The highest BCUT2D eigenvalue weighted by molar-refractivity contribution is 7.11. The monoisotopic (exact) mass is 484 g/mol. The highest BCUT2D eigenvalue weighted by atomic mass is 35.5. The van der Waals surface area contributed by atoms with Gasteiger partial charge in [-0.25, -0.2) is 14.0 Å². The number of aromatic carboxylic acids is 1. The van der Waals surface area contributed by atoms with Crippen LogP contribution in [0, 0.1) is 12.7 Å². The van der Waals surface area contributed by atoms with Crippen LogP contribution in [0.25, 0.3) is 0 Å². The Morgan fingerprint density at radius 3 is 2.78 bits per heavy atom. The van der Waals surface area contributed by atoms with Crippen LogP contribution in [0.2, 0.25) is 5.02 Å². The first-order chi connectivity index (χ1) is 15.3. The van der Waals surface area contributed by atoms with Gasteiger partial charge in [0, 0.05) is 17.1 Å². The lowest BCUT2D eigenvalue weighted by atomic mass is 10.1. The zero-order valence-corrected chi connectivity index (χ0v) is 19.3. The van der Waals surface area contributed by atoms with Gasteiger partial charge in [-0.1, -0.05) is 11.6 Å². The molecule has 1 aliphatic heterocycles. The van der Waals surface area contributed by atoms with Gasteiger partial charge in [0.15, 0.2) is 5.56 Å². The van der Waals surface area contributed by atoms with Crippen molar-refractivity contribution >= 4 is 40.1 Å². The third-order valence-electron chi connectivity index (χ3n) is 5.18. The quantitative estimate of drug-likeness (QED) is 0.428. The van der Waals surface area contributed by atoms with E-state index in [1.807, 2.05) is 0 Å². The van der Waals surface area contributed by atoms with Gasteiger partial charge in [0.25, 0.3) is 0 Å². The van der Waals surface area contributed by atoms with Crippen LogP contribution in [0.15, 0.2) is 12.1 Å². The molecule has 11 heteroatoms. The molecule has 1 aromatic carbocycles. The van der Waals surface area contributed by atoms with Crippen LogP contribution in [0.5, 0.6) is 5.88 Å². The second-order valence-corrected chi connectivity index (χ2v) is 8.80. The average Bonchev–Trinajstić information content (AvgIpc) is 3.39. The number of ether oxygens (including phenoxy) is 1. The molecular weight excluding hydrogens is 459 g/mol. The number of nitrogens with one attached hydrogen (secondary N) is 2. The third-order valence-corrected chi connectivity index (χ3v) is 6.28. The first-order valence-electron chi connectivity index (χ1n) is 10.4. The molecule has 0 atom stereocenters. The number of aromatic nitrogens is 1. The van der Waals surface area contributed by atoms with Crippen LogP contribution in [-0.2, 0) is 6.61 Å². The molecule has 8 nitrogen and oxygen atoms in total. The number of hydrogen-bond acceptors (Lipinski definition) is 6. The molecule has 1 aliphatic rings. The van der Waals surface area contributed by atoms with Gasteiger partial charge in [0.1, 0.15) is 17.4 Å². The maximum absolute atomic E-state index is 13.8. The van der Waals surface area contributed by atoms with E-state index >= 15 is 0 Å². The van der Waals surface area contributed by atoms with Gasteiger partial charge in [-0.2, -0.15) is 4.37 Å². The first kappa shape index (κ1) is 24.2. The second kappa shape index (κ2) is 11.4. The number of likely N-dealkylation sites (tertiary alicyclic amines) is 1. The molecule has 2 heterocycles. The van der Waals surface area contributed by atoms with Gasteiger partial charge in [-0.3, -0.25) is 5.32 Å². The number of unbranched alkanes of at least 4 members (excludes halogenated alkanes) is 1. The van der Waals surface area contributed by atoms with E-state index in [2.05, 4.69) is 19.9 Å². The van der Waals surface area contributed by atoms with Crippen molar-refractivity contribution in [2.75, 3.05) is 31.5 Å². The summed E-state index contributed by atoms with van der Waals surface area (Å²) < 4.78 is 23.2. The van der Waals surface area contributed by atoms with Crippen molar-refractivity contribution in [2.24, 2.45) is 0 Å². The number of nitrogens with zero attached hydrogens (tertiary/aromatic N) is 2. The minimum atomic E-state index is -1.30. The predicted octanol–water partition coefficient (Wildman–Crippen LogP) is 4.52. The van der Waals surface area contributed by atoms with Crippen molar-refractivity contribution in [3.05, 3.63) is 39.7 Å². The molecule has 0 unspecified atom stereocenters. The normalized spacial score (nSPS) is 13.8. The Hall–Kier alpha value is -2.43. The molecule has 1 saturated heterocycles. The summed E-state index contributed by atoms with van der Waals surface area (Å²) in [6.45, 7) is 5.23. The Morgan fingerprint density at radius 2 is 2.06 bits per heavy atom. The van der Waals surface area contributed by atoms with Crippen molar-refractivity contribution in [1.82, 2.24) is 14.6 Å². The van der Waals surface area contributed by atoms with E-state index in [0.717, 1.165) is 44.0 Å². The fourth-order valence-electron chi connectivity index (χ4n) is 3.41. The Balaban J connectivity index is 1.52. The lowest BCUT2D eigenvalue weighted by Gasteiger charge is -2.14. The van der Waals surface area contributed by atoms with Gasteiger partial charge in [-0.05, 0) is 81.5 Å². The highest BCUT2D eigenvalue weighted by Crippen LogP contribution is 2.32. The number of carbonyl (C=O) groups is 2. The molecule has 1 fully saturated rings. The third kappa shape index (κ3) is 6.54. The first-order valence-corrected chi connectivity index (χ1v) is 11.6. The minimum Gasteiger partial charge on any atom is -0.477 e. The van der Waals surface area contributed by atoms with Gasteiger partial charge in [0.05, 0.1) is 0 Å². The smallest absolute Gasteiger partial charge is 0.344 e. The van der Waals surface area contributed by atoms with E-state index in [0.29, 0.717) is 22.7 Å². The summed E-state index contributed by atoms with van der Waals surface area (Å²) in [7, 11) is 0. The lowest BCUT2D eigenvalue weighted by molar-refractivity contribution is 0.0693. The number of halogens is 2. The van der Waals surface area contributed by atoms with Crippen LogP contribution in [0.3, 0.4) is 0 Å². The predicted molar refractivity (Wildman–Crippen MR) is 121 cm³/mol. The number of aryl methyl sites for hydroxylation is 1. The van der Waals surface area contributed by atoms with E-state index in [1.165, 1.54) is 25.0 Å². The van der Waals surface area contributed by atoms with Crippen LogP contribution < -0.4 is 15.4 Å². The molecule has 0 radical (unpaired) electrons. The summed E-state index contributed by atoms with van der Waals surface area (Å²) >= 11 is 6.90. The molecule has 2 amide bonds. The standard InChI is InChI=1S/C21H26ClFN4O4S/c1-13-10-15(22)14(11-16(13)23)12-31-18-17(20(28)29)19(32-26-18)25-21(30)24-6-2-3-7-27-8-4-5-9-27/h10-11H,2-9,12H2,1H3,(H,28,29)(H2,24,25,30). The fourth-order valence-corrected chi connectivity index (χ4v) is 4.40. The number of benzene rings is 1. The molecule has 2 aromatic rings. The Morgan fingerprint density at radius 1 is 1.31 bits per heavy atom. The summed E-state index contributed by atoms with van der Waals surface area (Å²) in [6, 6.07) is 2.20. The fraction of sp³-hybridized carbons (Fsp3) is 0.476. The molecule has 3 N–H and O–H groups in total. The van der Waals surface area contributed by atoms with E-state index in [-0.39, 0.29) is 23.1 Å². The maximum atomic E-state index is 13.8. The van der Waals surface area contributed by atoms with E-state index in [9.17, 15) is 19.1 Å². The van der Waals surface area contributed by atoms with Gasteiger partial charge in [-0.15, -0.1) is 0 Å². The van der Waals surface area contributed by atoms with Crippen LogP contribution >= 0.6 is 23.1 Å². The molecule has 3 rings (SSSR count). The molecular formula is C21H26ClFN4O4S. The summed E-state index contributed by atoms with van der Waals surface area (Å²) in [5.74, 6) is -1.90. The molecule has 32 heavy (non-hydrogen) atoms. The Bertz CT molecular complexity index is 966. The van der Waals surface area contributed by atoms with Crippen molar-refractivity contribution in [1.29, 1.82) is 0 Å². The molecule has 0 saturated carbocycles. The summed E-state index contributed by atoms with van der Waals surface area (Å²) in [6.07, 6.45) is 4.33. The van der Waals surface area contributed by atoms with Gasteiger partial charge < -0.3 is 20.1 Å². The van der Waals surface area contributed by atoms with E-state index in [1.54, 1.807) is 6.92 Å². The second-order valence-electron chi connectivity index (χ2n) is 7.62. The van der Waals surface area contributed by atoms with E-state index < -0.39 is 17.8 Å². The summed E-state index contributed by atoms with van der Waals surface area (Å²) in [5.41, 5.74) is 0.496. The van der Waals surface area contributed by atoms with Crippen LogP contribution in [0.1, 0.15) is 47.2 Å². The molecule has 174 valence electrons.